The molecule has 0 radical (unpaired) electrons. The SMILES string of the molecule is CCCCCCCc1ccc2c(F)c(-c3ccc(-c4ccc(C(F)(F)F)c(F)c4)c(F)c3)ccc2c1. The van der Waals surface area contributed by atoms with E-state index >= 15 is 4.39 Å². The second kappa shape index (κ2) is 10.8. The first kappa shape index (κ1) is 25.8. The van der Waals surface area contributed by atoms with Crippen LogP contribution in [0.5, 0.6) is 0 Å². The monoisotopic (exact) mass is 500 g/mol. The largest absolute Gasteiger partial charge is 0.419 e. The van der Waals surface area contributed by atoms with E-state index in [0.29, 0.717) is 17.5 Å². The Balaban J connectivity index is 1.58. The Bertz CT molecular complexity index is 1370. The van der Waals surface area contributed by atoms with Gasteiger partial charge in [-0.3, -0.25) is 0 Å². The summed E-state index contributed by atoms with van der Waals surface area (Å²) in [7, 11) is 0. The Morgan fingerprint density at radius 2 is 1.31 bits per heavy atom. The molecule has 0 N–H and O–H groups in total. The van der Waals surface area contributed by atoms with Crippen molar-refractivity contribution in [3.63, 3.8) is 0 Å². The molecule has 0 aliphatic heterocycles. The summed E-state index contributed by atoms with van der Waals surface area (Å²) in [6, 6.07) is 15.2. The number of fused-ring (bicyclic) bond motifs is 1. The molecule has 0 nitrogen and oxygen atoms in total. The molecule has 0 heterocycles. The van der Waals surface area contributed by atoms with Gasteiger partial charge in [-0.15, -0.1) is 0 Å². The molecular formula is C30H26F6. The molecule has 0 saturated heterocycles. The molecule has 0 aliphatic carbocycles. The van der Waals surface area contributed by atoms with Crippen molar-refractivity contribution in [3.05, 3.63) is 95.3 Å². The van der Waals surface area contributed by atoms with Crippen LogP contribution in [0.3, 0.4) is 0 Å². The summed E-state index contributed by atoms with van der Waals surface area (Å²) in [5, 5.41) is 1.19. The molecule has 0 fully saturated rings. The minimum Gasteiger partial charge on any atom is -0.206 e. The van der Waals surface area contributed by atoms with Crippen LogP contribution in [0, 0.1) is 17.5 Å². The number of hydrogen-bond acceptors (Lipinski definition) is 0. The highest BCUT2D eigenvalue weighted by Crippen LogP contribution is 2.36. The fourth-order valence-electron chi connectivity index (χ4n) is 4.48. The van der Waals surface area contributed by atoms with E-state index in [1.54, 1.807) is 18.2 Å². The summed E-state index contributed by atoms with van der Waals surface area (Å²) >= 11 is 0. The molecule has 6 heteroatoms. The molecule has 0 bridgehead atoms. The van der Waals surface area contributed by atoms with Crippen molar-refractivity contribution in [2.24, 2.45) is 0 Å². The molecule has 0 amide bonds. The Hall–Kier alpha value is -3.28. The molecule has 0 saturated carbocycles. The van der Waals surface area contributed by atoms with E-state index in [-0.39, 0.29) is 22.3 Å². The highest BCUT2D eigenvalue weighted by Gasteiger charge is 2.34. The first-order chi connectivity index (χ1) is 17.2. The van der Waals surface area contributed by atoms with E-state index in [1.165, 1.54) is 37.8 Å². The molecular weight excluding hydrogens is 474 g/mol. The Labute approximate surface area is 206 Å². The van der Waals surface area contributed by atoms with E-state index < -0.39 is 29.2 Å². The third-order valence-corrected chi connectivity index (χ3v) is 6.45. The van der Waals surface area contributed by atoms with Gasteiger partial charge in [-0.2, -0.15) is 13.2 Å². The van der Waals surface area contributed by atoms with E-state index in [1.807, 2.05) is 12.1 Å². The van der Waals surface area contributed by atoms with Crippen LogP contribution in [-0.2, 0) is 12.6 Å². The van der Waals surface area contributed by atoms with Crippen LogP contribution >= 0.6 is 0 Å². The van der Waals surface area contributed by atoms with Gasteiger partial charge in [-0.1, -0.05) is 81.1 Å². The summed E-state index contributed by atoms with van der Waals surface area (Å²) in [5.74, 6) is -2.75. The summed E-state index contributed by atoms with van der Waals surface area (Å²) in [6.07, 6.45) is 1.98. The van der Waals surface area contributed by atoms with Crippen molar-refractivity contribution in [1.82, 2.24) is 0 Å². The third kappa shape index (κ3) is 5.58. The van der Waals surface area contributed by atoms with Gasteiger partial charge in [-0.25, -0.2) is 13.2 Å². The second-order valence-electron chi connectivity index (χ2n) is 9.03. The lowest BCUT2D eigenvalue weighted by Gasteiger charge is -2.12. The minimum atomic E-state index is -4.84. The van der Waals surface area contributed by atoms with Gasteiger partial charge in [-0.05, 0) is 53.1 Å². The van der Waals surface area contributed by atoms with Gasteiger partial charge in [0, 0.05) is 16.5 Å². The molecule has 4 aromatic carbocycles. The zero-order valence-electron chi connectivity index (χ0n) is 19.9. The van der Waals surface area contributed by atoms with Crippen LogP contribution in [0.1, 0.15) is 50.2 Å². The molecule has 188 valence electrons. The lowest BCUT2D eigenvalue weighted by atomic mass is 9.95. The smallest absolute Gasteiger partial charge is 0.206 e. The van der Waals surface area contributed by atoms with Gasteiger partial charge in [0.25, 0.3) is 0 Å². The zero-order valence-corrected chi connectivity index (χ0v) is 19.9. The Morgan fingerprint density at radius 3 is 2.00 bits per heavy atom. The number of halogens is 6. The van der Waals surface area contributed by atoms with Gasteiger partial charge in [0.05, 0.1) is 5.56 Å². The zero-order chi connectivity index (χ0) is 25.9. The Morgan fingerprint density at radius 1 is 0.639 bits per heavy atom. The van der Waals surface area contributed by atoms with Gasteiger partial charge in [0.15, 0.2) is 0 Å². The van der Waals surface area contributed by atoms with E-state index in [0.717, 1.165) is 35.9 Å². The van der Waals surface area contributed by atoms with Gasteiger partial charge in [0.1, 0.15) is 17.5 Å². The third-order valence-electron chi connectivity index (χ3n) is 6.45. The van der Waals surface area contributed by atoms with Crippen LogP contribution in [0.15, 0.2) is 66.7 Å². The molecule has 0 atom stereocenters. The summed E-state index contributed by atoms with van der Waals surface area (Å²) < 4.78 is 82.7. The van der Waals surface area contributed by atoms with Crippen LogP contribution in [0.25, 0.3) is 33.0 Å². The van der Waals surface area contributed by atoms with E-state index in [9.17, 15) is 22.0 Å². The quantitative estimate of drug-likeness (QED) is 0.167. The highest BCUT2D eigenvalue weighted by atomic mass is 19.4. The van der Waals surface area contributed by atoms with Gasteiger partial charge >= 0.3 is 6.18 Å². The number of alkyl halides is 3. The maximum Gasteiger partial charge on any atom is 0.419 e. The van der Waals surface area contributed by atoms with Gasteiger partial charge < -0.3 is 0 Å². The van der Waals surface area contributed by atoms with Crippen molar-refractivity contribution in [1.29, 1.82) is 0 Å². The van der Waals surface area contributed by atoms with E-state index in [4.69, 9.17) is 0 Å². The van der Waals surface area contributed by atoms with Crippen molar-refractivity contribution < 1.29 is 26.3 Å². The average Bonchev–Trinajstić information content (AvgIpc) is 2.83. The van der Waals surface area contributed by atoms with Crippen LogP contribution in [0.2, 0.25) is 0 Å². The summed E-state index contributed by atoms with van der Waals surface area (Å²) in [4.78, 5) is 0. The first-order valence-electron chi connectivity index (χ1n) is 12.1. The number of aryl methyl sites for hydroxylation is 1. The van der Waals surface area contributed by atoms with Crippen molar-refractivity contribution in [3.8, 4) is 22.3 Å². The summed E-state index contributed by atoms with van der Waals surface area (Å²) in [5.41, 5.74) is 0.107. The highest BCUT2D eigenvalue weighted by molar-refractivity contribution is 5.89. The van der Waals surface area contributed by atoms with Crippen molar-refractivity contribution >= 4 is 10.8 Å². The Kier molecular flexibility index (Phi) is 7.72. The van der Waals surface area contributed by atoms with Crippen molar-refractivity contribution in [2.75, 3.05) is 0 Å². The predicted molar refractivity (Wildman–Crippen MR) is 132 cm³/mol. The lowest BCUT2D eigenvalue weighted by molar-refractivity contribution is -0.139. The number of rotatable bonds is 8. The fourth-order valence-corrected chi connectivity index (χ4v) is 4.48. The van der Waals surface area contributed by atoms with Crippen LogP contribution < -0.4 is 0 Å². The normalized spacial score (nSPS) is 11.9. The maximum atomic E-state index is 15.4. The van der Waals surface area contributed by atoms with Crippen LogP contribution in [-0.4, -0.2) is 0 Å². The molecule has 4 aromatic rings. The topological polar surface area (TPSA) is 0 Å². The fraction of sp³-hybridized carbons (Fsp3) is 0.267. The molecule has 0 spiro atoms. The lowest BCUT2D eigenvalue weighted by Crippen LogP contribution is -2.07. The molecule has 4 rings (SSSR count). The number of benzene rings is 4. The summed E-state index contributed by atoms with van der Waals surface area (Å²) in [6.45, 7) is 2.18. The number of unbranched alkanes of at least 4 members (excludes halogenated alkanes) is 4. The molecule has 0 aliphatic rings. The second-order valence-corrected chi connectivity index (χ2v) is 9.03. The predicted octanol–water partition coefficient (Wildman–Crippen LogP) is 10.1. The van der Waals surface area contributed by atoms with Crippen molar-refractivity contribution in [2.45, 2.75) is 51.6 Å². The maximum absolute atomic E-state index is 15.4. The standard InChI is InChI=1S/C30H26F6/c1-2-3-4-5-6-7-19-8-12-24-20(16-19)10-14-25(29(24)33)22-9-13-23(27(31)17-22)21-11-15-26(28(32)18-21)30(34,35)36/h8-18H,2-7H2,1H3. The van der Waals surface area contributed by atoms with Gasteiger partial charge in [0.2, 0.25) is 0 Å². The number of hydrogen-bond donors (Lipinski definition) is 0. The average molecular weight is 501 g/mol. The minimum absolute atomic E-state index is 0.0363. The molecule has 0 aromatic heterocycles. The first-order valence-corrected chi connectivity index (χ1v) is 12.1. The van der Waals surface area contributed by atoms with Crippen LogP contribution in [0.4, 0.5) is 26.3 Å². The van der Waals surface area contributed by atoms with E-state index in [2.05, 4.69) is 6.92 Å². The molecule has 0 unspecified atom stereocenters. The molecule has 36 heavy (non-hydrogen) atoms.